The zero-order valence-electron chi connectivity index (χ0n) is 14.3. The molecule has 2 aliphatic rings. The van der Waals surface area contributed by atoms with Gasteiger partial charge < -0.3 is 14.5 Å². The highest BCUT2D eigenvalue weighted by molar-refractivity contribution is 5.83. The predicted octanol–water partition coefficient (Wildman–Crippen LogP) is 1.94. The number of hydrogen-bond donors (Lipinski definition) is 0. The molecule has 2 fully saturated rings. The number of methoxy groups -OCH3 is 1. The van der Waals surface area contributed by atoms with E-state index in [4.69, 9.17) is 4.74 Å². The van der Waals surface area contributed by atoms with Crippen LogP contribution in [-0.4, -0.2) is 54.1 Å². The number of carbonyl (C=O) groups excluding carboxylic acids is 1. The van der Waals surface area contributed by atoms with Crippen LogP contribution in [0.25, 0.3) is 0 Å². The van der Waals surface area contributed by atoms with Gasteiger partial charge in [0.25, 0.3) is 0 Å². The average Bonchev–Trinajstić information content (AvgIpc) is 3.49. The largest absolute Gasteiger partial charge is 0.481 e. The van der Waals surface area contributed by atoms with Crippen LogP contribution in [0.1, 0.15) is 17.9 Å². The Morgan fingerprint density at radius 2 is 1.88 bits per heavy atom. The van der Waals surface area contributed by atoms with E-state index in [1.165, 1.54) is 5.56 Å². The highest BCUT2D eigenvalue weighted by atomic mass is 16.5. The van der Waals surface area contributed by atoms with Crippen molar-refractivity contribution in [2.75, 3.05) is 38.2 Å². The molecule has 25 heavy (non-hydrogen) atoms. The van der Waals surface area contributed by atoms with E-state index in [0.717, 1.165) is 32.6 Å². The number of piperazine rings is 1. The van der Waals surface area contributed by atoms with Crippen molar-refractivity contribution in [3.8, 4) is 5.88 Å². The molecule has 6 heteroatoms. The first-order valence-corrected chi connectivity index (χ1v) is 8.72. The molecule has 1 aromatic heterocycles. The number of amides is 1. The van der Waals surface area contributed by atoms with Gasteiger partial charge in [-0.2, -0.15) is 4.98 Å². The normalized spacial score (nSPS) is 22.6. The van der Waals surface area contributed by atoms with Crippen molar-refractivity contribution < 1.29 is 9.53 Å². The molecule has 2 heterocycles. The Morgan fingerprint density at radius 1 is 1.12 bits per heavy atom. The summed E-state index contributed by atoms with van der Waals surface area (Å²) in [5.41, 5.74) is 1.28. The lowest BCUT2D eigenvalue weighted by Gasteiger charge is -2.35. The summed E-state index contributed by atoms with van der Waals surface area (Å²) < 4.78 is 5.16. The highest BCUT2D eigenvalue weighted by Crippen LogP contribution is 2.48. The van der Waals surface area contributed by atoms with Crippen molar-refractivity contribution in [1.82, 2.24) is 14.9 Å². The van der Waals surface area contributed by atoms with Gasteiger partial charge in [-0.25, -0.2) is 4.98 Å². The van der Waals surface area contributed by atoms with Gasteiger partial charge in [-0.1, -0.05) is 30.3 Å². The molecule has 0 radical (unpaired) electrons. The molecule has 1 aliphatic heterocycles. The maximum absolute atomic E-state index is 12.7. The third-order valence-electron chi connectivity index (χ3n) is 5.04. The molecular weight excluding hydrogens is 316 g/mol. The summed E-state index contributed by atoms with van der Waals surface area (Å²) >= 11 is 0. The van der Waals surface area contributed by atoms with Crippen LogP contribution in [0.5, 0.6) is 5.88 Å². The van der Waals surface area contributed by atoms with E-state index in [-0.39, 0.29) is 5.92 Å². The van der Waals surface area contributed by atoms with Crippen LogP contribution in [0, 0.1) is 5.92 Å². The van der Waals surface area contributed by atoms with Gasteiger partial charge in [0.15, 0.2) is 0 Å². The number of aromatic nitrogens is 2. The standard InChI is InChI=1S/C19H22N4O2/c1-25-17-7-8-20-19(21-17)23-11-9-22(10-12-23)18(24)16-13-15(16)14-5-3-2-4-6-14/h2-8,15-16H,9-13H2,1H3/t15-,16-/m0/s1. The van der Waals surface area contributed by atoms with E-state index in [9.17, 15) is 4.79 Å². The van der Waals surface area contributed by atoms with E-state index in [1.54, 1.807) is 19.4 Å². The smallest absolute Gasteiger partial charge is 0.228 e. The summed E-state index contributed by atoms with van der Waals surface area (Å²) in [6, 6.07) is 12.1. The monoisotopic (exact) mass is 338 g/mol. The lowest BCUT2D eigenvalue weighted by molar-refractivity contribution is -0.133. The highest BCUT2D eigenvalue weighted by Gasteiger charge is 2.46. The summed E-state index contributed by atoms with van der Waals surface area (Å²) in [6.07, 6.45) is 2.68. The average molecular weight is 338 g/mol. The molecule has 6 nitrogen and oxygen atoms in total. The van der Waals surface area contributed by atoms with Gasteiger partial charge in [0.05, 0.1) is 7.11 Å². The molecule has 4 rings (SSSR count). The Morgan fingerprint density at radius 3 is 2.60 bits per heavy atom. The molecule has 0 bridgehead atoms. The second kappa shape index (κ2) is 6.70. The van der Waals surface area contributed by atoms with Crippen LogP contribution in [0.3, 0.4) is 0 Å². The maximum Gasteiger partial charge on any atom is 0.228 e. The zero-order valence-corrected chi connectivity index (χ0v) is 14.3. The Bertz CT molecular complexity index is 744. The molecule has 0 spiro atoms. The molecule has 0 N–H and O–H groups in total. The van der Waals surface area contributed by atoms with E-state index < -0.39 is 0 Å². The molecule has 1 saturated heterocycles. The van der Waals surface area contributed by atoms with Gasteiger partial charge in [-0.15, -0.1) is 0 Å². The van der Waals surface area contributed by atoms with Crippen LogP contribution in [-0.2, 0) is 4.79 Å². The Balaban J connectivity index is 1.34. The molecule has 1 aliphatic carbocycles. The summed E-state index contributed by atoms with van der Waals surface area (Å²) in [5.74, 6) is 2.07. The van der Waals surface area contributed by atoms with Crippen molar-refractivity contribution in [2.45, 2.75) is 12.3 Å². The fraction of sp³-hybridized carbons (Fsp3) is 0.421. The third kappa shape index (κ3) is 3.29. The second-order valence-electron chi connectivity index (χ2n) is 6.57. The quantitative estimate of drug-likeness (QED) is 0.853. The van der Waals surface area contributed by atoms with E-state index in [1.807, 2.05) is 23.1 Å². The van der Waals surface area contributed by atoms with Crippen LogP contribution in [0.4, 0.5) is 5.95 Å². The number of hydrogen-bond acceptors (Lipinski definition) is 5. The second-order valence-corrected chi connectivity index (χ2v) is 6.57. The molecule has 2 atom stereocenters. The van der Waals surface area contributed by atoms with E-state index >= 15 is 0 Å². The van der Waals surface area contributed by atoms with Crippen molar-refractivity contribution in [3.63, 3.8) is 0 Å². The molecule has 1 saturated carbocycles. The number of benzene rings is 1. The number of carbonyl (C=O) groups is 1. The molecule has 2 aromatic rings. The van der Waals surface area contributed by atoms with E-state index in [2.05, 4.69) is 27.0 Å². The minimum Gasteiger partial charge on any atom is -0.481 e. The number of ether oxygens (including phenoxy) is 1. The fourth-order valence-electron chi connectivity index (χ4n) is 3.50. The first-order valence-electron chi connectivity index (χ1n) is 8.72. The van der Waals surface area contributed by atoms with E-state index in [0.29, 0.717) is 23.7 Å². The third-order valence-corrected chi connectivity index (χ3v) is 5.04. The maximum atomic E-state index is 12.7. The lowest BCUT2D eigenvalue weighted by atomic mass is 10.1. The number of rotatable bonds is 4. The fourth-order valence-corrected chi connectivity index (χ4v) is 3.50. The molecule has 1 aromatic carbocycles. The summed E-state index contributed by atoms with van der Waals surface area (Å²) in [4.78, 5) is 25.5. The van der Waals surface area contributed by atoms with Gasteiger partial charge in [0.2, 0.25) is 17.7 Å². The van der Waals surface area contributed by atoms with Crippen LogP contribution < -0.4 is 9.64 Å². The van der Waals surface area contributed by atoms with Gasteiger partial charge >= 0.3 is 0 Å². The molecule has 1 amide bonds. The molecular formula is C19H22N4O2. The van der Waals surface area contributed by atoms with Crippen molar-refractivity contribution in [2.24, 2.45) is 5.92 Å². The first-order chi connectivity index (χ1) is 12.3. The number of anilines is 1. The van der Waals surface area contributed by atoms with Crippen molar-refractivity contribution in [1.29, 1.82) is 0 Å². The van der Waals surface area contributed by atoms with Crippen molar-refractivity contribution in [3.05, 3.63) is 48.2 Å². The predicted molar refractivity (Wildman–Crippen MR) is 94.7 cm³/mol. The summed E-state index contributed by atoms with van der Waals surface area (Å²) in [7, 11) is 1.60. The van der Waals surface area contributed by atoms with Gasteiger partial charge in [0.1, 0.15) is 0 Å². The zero-order chi connectivity index (χ0) is 17.2. The summed E-state index contributed by atoms with van der Waals surface area (Å²) in [6.45, 7) is 2.94. The van der Waals surface area contributed by atoms with Crippen molar-refractivity contribution >= 4 is 11.9 Å². The van der Waals surface area contributed by atoms with Gasteiger partial charge in [0, 0.05) is 44.4 Å². The summed E-state index contributed by atoms with van der Waals surface area (Å²) in [5, 5.41) is 0. The SMILES string of the molecule is COc1ccnc(N2CCN(C(=O)[C@H]3C[C@H]3c3ccccc3)CC2)n1. The minimum atomic E-state index is 0.155. The Hall–Kier alpha value is -2.63. The van der Waals surface area contributed by atoms with Crippen LogP contribution in [0.15, 0.2) is 42.6 Å². The lowest BCUT2D eigenvalue weighted by Crippen LogP contribution is -2.49. The minimum absolute atomic E-state index is 0.155. The van der Waals surface area contributed by atoms with Gasteiger partial charge in [-0.3, -0.25) is 4.79 Å². The molecule has 130 valence electrons. The topological polar surface area (TPSA) is 58.6 Å². The van der Waals surface area contributed by atoms with Crippen LogP contribution in [0.2, 0.25) is 0 Å². The first kappa shape index (κ1) is 15.9. The van der Waals surface area contributed by atoms with Crippen LogP contribution >= 0.6 is 0 Å². The number of nitrogens with zero attached hydrogens (tertiary/aromatic N) is 4. The van der Waals surface area contributed by atoms with Gasteiger partial charge in [-0.05, 0) is 17.9 Å². The molecule has 0 unspecified atom stereocenters. The Kier molecular flexibility index (Phi) is 4.26. The Labute approximate surface area is 147 Å².